The van der Waals surface area contributed by atoms with Gasteiger partial charge in [-0.2, -0.15) is 0 Å². The van der Waals surface area contributed by atoms with Gasteiger partial charge in [-0.15, -0.1) is 0 Å². The molecular weight excluding hydrogens is 315 g/mol. The van der Waals surface area contributed by atoms with Crippen molar-refractivity contribution in [1.29, 1.82) is 0 Å². The molecule has 1 rings (SSSR count). The summed E-state index contributed by atoms with van der Waals surface area (Å²) in [4.78, 5) is 0. The first kappa shape index (κ1) is 18.3. The predicted octanol–water partition coefficient (Wildman–Crippen LogP) is 4.78. The minimum atomic E-state index is -3.48. The van der Waals surface area contributed by atoms with Crippen molar-refractivity contribution in [2.45, 2.75) is 40.7 Å². The molecule has 1 N–H and O–H groups in total. The van der Waals surface area contributed by atoms with Crippen LogP contribution in [0, 0.1) is 5.41 Å². The highest BCUT2D eigenvalue weighted by Gasteiger charge is 2.42. The topological polar surface area (TPSA) is 55.8 Å². The van der Waals surface area contributed by atoms with Crippen LogP contribution in [-0.4, -0.2) is 24.4 Å². The third-order valence-corrected chi connectivity index (χ3v) is 7.31. The van der Waals surface area contributed by atoms with E-state index in [0.717, 1.165) is 4.24 Å². The molecule has 1 heterocycles. The minimum absolute atomic E-state index is 0.272. The molecule has 0 fully saturated rings. The third kappa shape index (κ3) is 4.39. The van der Waals surface area contributed by atoms with Crippen molar-refractivity contribution in [2.75, 3.05) is 13.2 Å². The van der Waals surface area contributed by atoms with Gasteiger partial charge in [-0.25, -0.2) is 0 Å². The number of aliphatic hydroxyl groups excluding tert-OH is 1. The Kier molecular flexibility index (Phi) is 6.90. The third-order valence-electron chi connectivity index (χ3n) is 2.59. The summed E-state index contributed by atoms with van der Waals surface area (Å²) in [6, 6.07) is 0. The van der Waals surface area contributed by atoms with E-state index in [-0.39, 0.29) is 13.2 Å². The van der Waals surface area contributed by atoms with Gasteiger partial charge in [0.1, 0.15) is 0 Å². The molecule has 116 valence electrons. The molecule has 1 atom stereocenters. The molecule has 0 aliphatic carbocycles. The van der Waals surface area contributed by atoms with Crippen molar-refractivity contribution in [3.63, 3.8) is 0 Å². The zero-order valence-electron chi connectivity index (χ0n) is 12.6. The molecule has 7 heteroatoms. The highest BCUT2D eigenvalue weighted by molar-refractivity contribution is 8.27. The Bertz CT molecular complexity index is 420. The van der Waals surface area contributed by atoms with Crippen molar-refractivity contribution in [2.24, 2.45) is 5.41 Å². The van der Waals surface area contributed by atoms with Crippen LogP contribution in [0.25, 0.3) is 0 Å². The smallest absolute Gasteiger partial charge is 0.361 e. The predicted molar refractivity (Wildman–Crippen MR) is 87.7 cm³/mol. The molecule has 0 aromatic rings. The van der Waals surface area contributed by atoms with Gasteiger partial charge in [0, 0.05) is 0 Å². The maximum atomic E-state index is 13.1. The van der Waals surface area contributed by atoms with Gasteiger partial charge in [0.15, 0.2) is 0 Å². The maximum absolute atomic E-state index is 13.1. The zero-order chi connectivity index (χ0) is 15.4. The largest absolute Gasteiger partial charge is 0.387 e. The summed E-state index contributed by atoms with van der Waals surface area (Å²) in [7, 11) is -3.48. The van der Waals surface area contributed by atoms with Gasteiger partial charge in [-0.1, -0.05) is 44.3 Å². The molecule has 0 radical (unpaired) electrons. The van der Waals surface area contributed by atoms with Crippen LogP contribution in [0.2, 0.25) is 0 Å². The molecule has 1 aliphatic heterocycles. The molecule has 0 saturated heterocycles. The van der Waals surface area contributed by atoms with Crippen molar-refractivity contribution in [3.05, 3.63) is 20.4 Å². The van der Waals surface area contributed by atoms with E-state index < -0.39 is 19.1 Å². The molecule has 0 amide bonds. The summed E-state index contributed by atoms with van der Waals surface area (Å²) in [5.74, 6) is 0. The zero-order valence-corrected chi connectivity index (χ0v) is 15.1. The minimum Gasteiger partial charge on any atom is -0.387 e. The molecule has 4 nitrogen and oxygen atoms in total. The highest BCUT2D eigenvalue weighted by Crippen LogP contribution is 2.63. The second-order valence-corrected chi connectivity index (χ2v) is 9.37. The quantitative estimate of drug-likeness (QED) is 0.703. The number of rotatable bonds is 6. The van der Waals surface area contributed by atoms with Crippen LogP contribution in [-0.2, 0) is 13.6 Å². The van der Waals surface area contributed by atoms with Gasteiger partial charge in [-0.05, 0) is 30.1 Å². The molecule has 0 saturated carbocycles. The lowest BCUT2D eigenvalue weighted by Crippen LogP contribution is -2.29. The molecule has 0 spiro atoms. The molecule has 20 heavy (non-hydrogen) atoms. The van der Waals surface area contributed by atoms with E-state index in [4.69, 9.17) is 9.05 Å². The lowest BCUT2D eigenvalue weighted by atomic mass is 9.89. The van der Waals surface area contributed by atoms with Crippen molar-refractivity contribution < 1.29 is 18.7 Å². The number of aliphatic hydroxyl groups is 1. The Labute approximate surface area is 129 Å². The standard InChI is InChI=1S/C13H23O4PS2/c1-6-16-18(15,17-7-2)10(11(14)13(3,4)5)12-19-8-9-20-12/h8-9,11,14H,6-7H2,1-5H3. The fourth-order valence-electron chi connectivity index (χ4n) is 1.63. The van der Waals surface area contributed by atoms with Gasteiger partial charge < -0.3 is 14.2 Å². The molecule has 0 bridgehead atoms. The maximum Gasteiger partial charge on any atom is 0.361 e. The molecule has 1 unspecified atom stereocenters. The number of thioether (sulfide) groups is 2. The number of hydrogen-bond donors (Lipinski definition) is 1. The van der Waals surface area contributed by atoms with Crippen LogP contribution in [0.15, 0.2) is 20.4 Å². The molecule has 1 aliphatic rings. The summed E-state index contributed by atoms with van der Waals surface area (Å²) in [6.45, 7) is 9.78. The molecular formula is C13H23O4PS2. The van der Waals surface area contributed by atoms with E-state index in [9.17, 15) is 9.67 Å². The number of hydrogen-bond acceptors (Lipinski definition) is 6. The van der Waals surface area contributed by atoms with Crippen LogP contribution in [0.4, 0.5) is 0 Å². The van der Waals surface area contributed by atoms with Gasteiger partial charge in [-0.3, -0.25) is 4.57 Å². The van der Waals surface area contributed by atoms with E-state index in [1.54, 1.807) is 13.8 Å². The fraction of sp³-hybridized carbons (Fsp3) is 0.692. The van der Waals surface area contributed by atoms with Gasteiger partial charge in [0.05, 0.1) is 28.9 Å². The fourth-order valence-corrected chi connectivity index (χ4v) is 6.27. The van der Waals surface area contributed by atoms with E-state index in [0.29, 0.717) is 5.31 Å². The highest BCUT2D eigenvalue weighted by atomic mass is 32.2. The SMILES string of the molecule is CCOP(=O)(OCC)C(=C1SC=CS1)C(O)C(C)(C)C. The average molecular weight is 338 g/mol. The summed E-state index contributed by atoms with van der Waals surface area (Å²) in [5.41, 5.74) is -0.449. The summed E-state index contributed by atoms with van der Waals surface area (Å²) < 4.78 is 24.7. The summed E-state index contributed by atoms with van der Waals surface area (Å²) in [6.07, 6.45) is -0.888. The van der Waals surface area contributed by atoms with Gasteiger partial charge in [0.2, 0.25) is 0 Å². The second kappa shape index (κ2) is 7.52. The van der Waals surface area contributed by atoms with Crippen LogP contribution < -0.4 is 0 Å². The van der Waals surface area contributed by atoms with Crippen LogP contribution in [0.1, 0.15) is 34.6 Å². The Morgan fingerprint density at radius 3 is 2.05 bits per heavy atom. The average Bonchev–Trinajstić information content (AvgIpc) is 2.81. The summed E-state index contributed by atoms with van der Waals surface area (Å²) >= 11 is 2.89. The van der Waals surface area contributed by atoms with E-state index >= 15 is 0 Å². The molecule has 0 aromatic carbocycles. The van der Waals surface area contributed by atoms with E-state index in [1.165, 1.54) is 23.5 Å². The van der Waals surface area contributed by atoms with Gasteiger partial charge in [0.25, 0.3) is 0 Å². The van der Waals surface area contributed by atoms with Crippen molar-refractivity contribution in [3.8, 4) is 0 Å². The normalized spacial score (nSPS) is 17.6. The first-order valence-electron chi connectivity index (χ1n) is 6.56. The van der Waals surface area contributed by atoms with Gasteiger partial charge >= 0.3 is 7.60 Å². The Morgan fingerprint density at radius 1 is 1.25 bits per heavy atom. The monoisotopic (exact) mass is 338 g/mol. The van der Waals surface area contributed by atoms with Crippen molar-refractivity contribution in [1.82, 2.24) is 0 Å². The van der Waals surface area contributed by atoms with Crippen molar-refractivity contribution >= 4 is 31.1 Å². The van der Waals surface area contributed by atoms with Crippen LogP contribution >= 0.6 is 31.1 Å². The Morgan fingerprint density at radius 2 is 1.70 bits per heavy atom. The Balaban J connectivity index is 3.30. The first-order chi connectivity index (χ1) is 9.26. The molecule has 0 aromatic heterocycles. The first-order valence-corrected chi connectivity index (χ1v) is 9.86. The summed E-state index contributed by atoms with van der Waals surface area (Å²) in [5, 5.41) is 14.8. The van der Waals surface area contributed by atoms with E-state index in [2.05, 4.69) is 0 Å². The second-order valence-electron chi connectivity index (χ2n) is 5.28. The van der Waals surface area contributed by atoms with Crippen LogP contribution in [0.5, 0.6) is 0 Å². The lowest BCUT2D eigenvalue weighted by molar-refractivity contribution is 0.0947. The Hall–Kier alpha value is 0.290. The lowest BCUT2D eigenvalue weighted by Gasteiger charge is -2.32. The van der Waals surface area contributed by atoms with Crippen LogP contribution in [0.3, 0.4) is 0 Å². The van der Waals surface area contributed by atoms with E-state index in [1.807, 2.05) is 31.6 Å².